The van der Waals surface area contributed by atoms with Gasteiger partial charge in [-0.1, -0.05) is 6.07 Å². The Hall–Kier alpha value is -1.51. The zero-order valence-electron chi connectivity index (χ0n) is 7.00. The fraction of sp³-hybridized carbons (Fsp3) is 0.222. The van der Waals surface area contributed by atoms with E-state index in [1.165, 1.54) is 14.0 Å². The number of para-hydroxylation sites is 1. The number of aromatic hydroxyl groups is 1. The monoisotopic (exact) mass is 166 g/mol. The number of phenolic OH excluding ortho intramolecular Hbond substituents is 1. The zero-order chi connectivity index (χ0) is 9.14. The molecule has 0 saturated carbocycles. The van der Waals surface area contributed by atoms with E-state index in [9.17, 15) is 9.90 Å². The van der Waals surface area contributed by atoms with Crippen molar-refractivity contribution < 1.29 is 14.6 Å². The van der Waals surface area contributed by atoms with Gasteiger partial charge in [0.2, 0.25) is 0 Å². The molecule has 0 aliphatic rings. The number of benzene rings is 1. The Kier molecular flexibility index (Phi) is 2.33. The summed E-state index contributed by atoms with van der Waals surface area (Å²) in [6.07, 6.45) is 0. The van der Waals surface area contributed by atoms with Crippen molar-refractivity contribution in [2.24, 2.45) is 0 Å². The van der Waals surface area contributed by atoms with Crippen LogP contribution in [0.5, 0.6) is 11.5 Å². The van der Waals surface area contributed by atoms with E-state index in [4.69, 9.17) is 4.74 Å². The standard InChI is InChI=1S/C9H10O3/c1-6(10)7-4-3-5-8(12-2)9(7)11/h3-5,11H,1-2H3. The van der Waals surface area contributed by atoms with Crippen molar-refractivity contribution in [3.8, 4) is 11.5 Å². The van der Waals surface area contributed by atoms with Crippen molar-refractivity contribution in [3.05, 3.63) is 23.8 Å². The smallest absolute Gasteiger partial charge is 0.168 e. The van der Waals surface area contributed by atoms with E-state index in [1.54, 1.807) is 18.2 Å². The van der Waals surface area contributed by atoms with Crippen LogP contribution in [0.2, 0.25) is 0 Å². The third-order valence-corrected chi connectivity index (χ3v) is 1.60. The number of ketones is 1. The van der Waals surface area contributed by atoms with Crippen LogP contribution >= 0.6 is 0 Å². The highest BCUT2D eigenvalue weighted by Crippen LogP contribution is 2.29. The van der Waals surface area contributed by atoms with E-state index in [0.29, 0.717) is 5.75 Å². The van der Waals surface area contributed by atoms with Gasteiger partial charge < -0.3 is 9.84 Å². The van der Waals surface area contributed by atoms with Gasteiger partial charge in [0.25, 0.3) is 0 Å². The summed E-state index contributed by atoms with van der Waals surface area (Å²) in [5.41, 5.74) is 0.286. The molecule has 0 atom stereocenters. The number of Topliss-reactive ketones (excluding diaryl/α,β-unsaturated/α-hetero) is 1. The normalized spacial score (nSPS) is 9.50. The first-order valence-corrected chi connectivity index (χ1v) is 3.53. The van der Waals surface area contributed by atoms with Gasteiger partial charge >= 0.3 is 0 Å². The van der Waals surface area contributed by atoms with Gasteiger partial charge in [-0.2, -0.15) is 0 Å². The van der Waals surface area contributed by atoms with E-state index >= 15 is 0 Å². The zero-order valence-corrected chi connectivity index (χ0v) is 7.00. The molecule has 0 fully saturated rings. The van der Waals surface area contributed by atoms with Crippen molar-refractivity contribution in [1.29, 1.82) is 0 Å². The van der Waals surface area contributed by atoms with Gasteiger partial charge in [0.15, 0.2) is 17.3 Å². The predicted octanol–water partition coefficient (Wildman–Crippen LogP) is 1.60. The molecule has 0 aliphatic heterocycles. The van der Waals surface area contributed by atoms with Gasteiger partial charge in [0.1, 0.15) is 0 Å². The van der Waals surface area contributed by atoms with Crippen LogP contribution in [0.1, 0.15) is 17.3 Å². The van der Waals surface area contributed by atoms with Gasteiger partial charge in [0.05, 0.1) is 12.7 Å². The highest BCUT2D eigenvalue weighted by atomic mass is 16.5. The molecule has 0 radical (unpaired) electrons. The Morgan fingerprint density at radius 2 is 2.17 bits per heavy atom. The minimum Gasteiger partial charge on any atom is -0.504 e. The molecule has 1 N–H and O–H groups in total. The lowest BCUT2D eigenvalue weighted by atomic mass is 10.1. The highest BCUT2D eigenvalue weighted by Gasteiger charge is 2.09. The van der Waals surface area contributed by atoms with E-state index in [1.807, 2.05) is 0 Å². The lowest BCUT2D eigenvalue weighted by molar-refractivity contribution is 0.101. The molecule has 0 saturated heterocycles. The summed E-state index contributed by atoms with van der Waals surface area (Å²) in [6.45, 7) is 1.40. The first kappa shape index (κ1) is 8.59. The van der Waals surface area contributed by atoms with Crippen LogP contribution in [0.15, 0.2) is 18.2 Å². The van der Waals surface area contributed by atoms with E-state index in [2.05, 4.69) is 0 Å². The van der Waals surface area contributed by atoms with Crippen molar-refractivity contribution >= 4 is 5.78 Å². The van der Waals surface area contributed by atoms with Crippen molar-refractivity contribution in [1.82, 2.24) is 0 Å². The van der Waals surface area contributed by atoms with Crippen LogP contribution in [-0.2, 0) is 0 Å². The second-order valence-electron chi connectivity index (χ2n) is 2.41. The Balaban J connectivity index is 3.23. The summed E-state index contributed by atoms with van der Waals surface area (Å²) >= 11 is 0. The van der Waals surface area contributed by atoms with Gasteiger partial charge in [-0.05, 0) is 19.1 Å². The molecule has 3 nitrogen and oxygen atoms in total. The maximum atomic E-state index is 10.9. The van der Waals surface area contributed by atoms with Crippen molar-refractivity contribution in [3.63, 3.8) is 0 Å². The number of carbonyl (C=O) groups excluding carboxylic acids is 1. The summed E-state index contributed by atoms with van der Waals surface area (Å²) in [7, 11) is 1.44. The molecule has 0 amide bonds. The number of hydrogen-bond acceptors (Lipinski definition) is 3. The molecule has 0 aromatic heterocycles. The third kappa shape index (κ3) is 1.39. The molecule has 0 spiro atoms. The first-order valence-electron chi connectivity index (χ1n) is 3.53. The van der Waals surface area contributed by atoms with Gasteiger partial charge in [-0.3, -0.25) is 4.79 Å². The van der Waals surface area contributed by atoms with Crippen LogP contribution in [0.3, 0.4) is 0 Å². The van der Waals surface area contributed by atoms with E-state index < -0.39 is 0 Å². The molecular weight excluding hydrogens is 156 g/mol. The SMILES string of the molecule is COc1cccc(C(C)=O)c1O. The van der Waals surface area contributed by atoms with Crippen LogP contribution < -0.4 is 4.74 Å². The molecule has 3 heteroatoms. The average molecular weight is 166 g/mol. The Morgan fingerprint density at radius 1 is 1.50 bits per heavy atom. The molecule has 12 heavy (non-hydrogen) atoms. The number of methoxy groups -OCH3 is 1. The minimum atomic E-state index is -0.175. The molecule has 0 aliphatic carbocycles. The number of phenols is 1. The second-order valence-corrected chi connectivity index (χ2v) is 2.41. The molecule has 1 aromatic carbocycles. The van der Waals surface area contributed by atoms with E-state index in [0.717, 1.165) is 0 Å². The molecule has 1 rings (SSSR count). The summed E-state index contributed by atoms with van der Waals surface area (Å²) in [5.74, 6) is 0.0570. The van der Waals surface area contributed by atoms with Crippen molar-refractivity contribution in [2.75, 3.05) is 7.11 Å². The second kappa shape index (κ2) is 3.26. The fourth-order valence-corrected chi connectivity index (χ4v) is 0.971. The number of rotatable bonds is 2. The topological polar surface area (TPSA) is 46.5 Å². The number of carbonyl (C=O) groups is 1. The summed E-state index contributed by atoms with van der Waals surface area (Å²) in [6, 6.07) is 4.82. The minimum absolute atomic E-state index is 0.0903. The van der Waals surface area contributed by atoms with Gasteiger partial charge in [0, 0.05) is 0 Å². The maximum absolute atomic E-state index is 10.9. The number of ether oxygens (including phenoxy) is 1. The Bertz CT molecular complexity index is 305. The summed E-state index contributed by atoms with van der Waals surface area (Å²) < 4.78 is 4.83. The third-order valence-electron chi connectivity index (χ3n) is 1.60. The molecule has 0 bridgehead atoms. The lowest BCUT2D eigenvalue weighted by Gasteiger charge is -2.05. The van der Waals surface area contributed by atoms with Crippen LogP contribution in [0.4, 0.5) is 0 Å². The summed E-state index contributed by atoms with van der Waals surface area (Å²) in [4.78, 5) is 10.9. The largest absolute Gasteiger partial charge is 0.504 e. The summed E-state index contributed by atoms with van der Waals surface area (Å²) in [5, 5.41) is 9.41. The van der Waals surface area contributed by atoms with Crippen LogP contribution in [0.25, 0.3) is 0 Å². The van der Waals surface area contributed by atoms with Crippen LogP contribution in [0, 0.1) is 0 Å². The van der Waals surface area contributed by atoms with Crippen LogP contribution in [-0.4, -0.2) is 18.0 Å². The molecule has 1 aromatic rings. The molecule has 0 heterocycles. The Labute approximate surface area is 70.6 Å². The average Bonchev–Trinajstić information content (AvgIpc) is 2.04. The maximum Gasteiger partial charge on any atom is 0.168 e. The highest BCUT2D eigenvalue weighted by molar-refractivity contribution is 5.97. The predicted molar refractivity (Wildman–Crippen MR) is 44.7 cm³/mol. The molecule has 0 unspecified atom stereocenters. The van der Waals surface area contributed by atoms with Crippen molar-refractivity contribution in [2.45, 2.75) is 6.92 Å². The molecule has 64 valence electrons. The molecular formula is C9H10O3. The number of hydrogen-bond donors (Lipinski definition) is 1. The Morgan fingerprint density at radius 3 is 2.67 bits per heavy atom. The van der Waals surface area contributed by atoms with E-state index in [-0.39, 0.29) is 17.1 Å². The first-order chi connectivity index (χ1) is 5.66. The fourth-order valence-electron chi connectivity index (χ4n) is 0.971. The quantitative estimate of drug-likeness (QED) is 0.679. The lowest BCUT2D eigenvalue weighted by Crippen LogP contribution is -1.94. The van der Waals surface area contributed by atoms with Gasteiger partial charge in [-0.15, -0.1) is 0 Å². The van der Waals surface area contributed by atoms with Gasteiger partial charge in [-0.25, -0.2) is 0 Å².